The molecule has 0 saturated carbocycles. The Balaban J connectivity index is 3.21. The van der Waals surface area contributed by atoms with Crippen LogP contribution in [-0.4, -0.2) is 24.6 Å². The predicted molar refractivity (Wildman–Crippen MR) is 42.6 cm³/mol. The maximum Gasteiger partial charge on any atom is 0.293 e. The van der Waals surface area contributed by atoms with Crippen molar-refractivity contribution in [1.29, 1.82) is 0 Å². The predicted octanol–water partition coefficient (Wildman–Crippen LogP) is 1.56. The fourth-order valence-electron chi connectivity index (χ4n) is 0.343. The first-order chi connectivity index (χ1) is 4.66. The summed E-state index contributed by atoms with van der Waals surface area (Å²) in [5, 5.41) is 0.268. The zero-order valence-corrected chi connectivity index (χ0v) is 7.05. The molecule has 54 valence electrons. The molecule has 9 heavy (non-hydrogen) atoms. The lowest BCUT2D eigenvalue weighted by molar-refractivity contribution is -0.128. The van der Waals surface area contributed by atoms with Crippen molar-refractivity contribution >= 4 is 28.0 Å². The van der Waals surface area contributed by atoms with Gasteiger partial charge in [-0.15, -0.1) is 0 Å². The largest absolute Gasteiger partial charge is 0.467 e. The molecule has 0 unspecified atom stereocenters. The fourth-order valence-corrected chi connectivity index (χ4v) is 1.95. The molecule has 0 aliphatic rings. The van der Waals surface area contributed by atoms with E-state index < -0.39 is 6.45 Å². The number of hydrogen-bond donors (Lipinski definition) is 0. The molecule has 0 aliphatic carbocycles. The first kappa shape index (κ1) is 7.28. The molecule has 0 fully saturated rings. The Kier molecular flexibility index (Phi) is 5.09. The SMILES string of the molecule is [2H]C(=O)OC[C@H](C)SSC. The Morgan fingerprint density at radius 3 is 3.11 bits per heavy atom. The summed E-state index contributed by atoms with van der Waals surface area (Å²) in [6.07, 6.45) is 1.01. The van der Waals surface area contributed by atoms with Crippen LogP contribution in [0.1, 0.15) is 8.29 Å². The average molecular weight is 167 g/mol. The van der Waals surface area contributed by atoms with E-state index in [0.29, 0.717) is 6.61 Å². The molecule has 0 rings (SSSR count). The van der Waals surface area contributed by atoms with Crippen LogP contribution in [0.25, 0.3) is 0 Å². The Bertz CT molecular complexity index is 110. The maximum atomic E-state index is 9.98. The van der Waals surface area contributed by atoms with Gasteiger partial charge in [-0.25, -0.2) is 0 Å². The monoisotopic (exact) mass is 167 g/mol. The summed E-state index contributed by atoms with van der Waals surface area (Å²) in [4.78, 5) is 9.98. The summed E-state index contributed by atoms with van der Waals surface area (Å²) in [5.74, 6) is 0. The second-order valence-electron chi connectivity index (χ2n) is 1.47. The summed E-state index contributed by atoms with van der Waals surface area (Å²) in [7, 11) is 3.25. The van der Waals surface area contributed by atoms with Crippen molar-refractivity contribution in [2.75, 3.05) is 12.9 Å². The van der Waals surface area contributed by atoms with Crippen molar-refractivity contribution in [3.63, 3.8) is 0 Å². The third-order valence-corrected chi connectivity index (χ3v) is 2.86. The highest BCUT2D eigenvalue weighted by atomic mass is 33.1. The second-order valence-corrected chi connectivity index (χ2v) is 4.38. The van der Waals surface area contributed by atoms with Gasteiger partial charge in [0.2, 0.25) is 0 Å². The highest BCUT2D eigenvalue weighted by Gasteiger charge is 1.99. The number of carbonyl (C=O) groups is 1. The number of rotatable bonds is 4. The molecule has 0 aromatic rings. The lowest BCUT2D eigenvalue weighted by Crippen LogP contribution is -2.04. The van der Waals surface area contributed by atoms with Crippen LogP contribution in [0, 0.1) is 0 Å². The van der Waals surface area contributed by atoms with Crippen molar-refractivity contribution in [3.05, 3.63) is 0 Å². The summed E-state index contributed by atoms with van der Waals surface area (Å²) < 4.78 is 10.9. The Morgan fingerprint density at radius 1 is 2.00 bits per heavy atom. The maximum absolute atomic E-state index is 9.98. The van der Waals surface area contributed by atoms with E-state index in [9.17, 15) is 4.79 Å². The highest BCUT2D eigenvalue weighted by Crippen LogP contribution is 2.22. The number of carbonyl (C=O) groups excluding carboxylic acids is 1. The number of hydrogen-bond acceptors (Lipinski definition) is 4. The normalized spacial score (nSPS) is 14.2. The van der Waals surface area contributed by atoms with Crippen LogP contribution < -0.4 is 0 Å². The van der Waals surface area contributed by atoms with Gasteiger partial charge in [-0.2, -0.15) is 0 Å². The van der Waals surface area contributed by atoms with Crippen LogP contribution in [0.5, 0.6) is 0 Å². The fraction of sp³-hybridized carbons (Fsp3) is 0.800. The van der Waals surface area contributed by atoms with E-state index in [1.165, 1.54) is 0 Å². The quantitative estimate of drug-likeness (QED) is 0.469. The van der Waals surface area contributed by atoms with Gasteiger partial charge >= 0.3 is 0 Å². The van der Waals surface area contributed by atoms with E-state index in [1.54, 1.807) is 21.6 Å². The first-order valence-electron chi connectivity index (χ1n) is 2.99. The Labute approximate surface area is 64.5 Å². The summed E-state index contributed by atoms with van der Waals surface area (Å²) in [6.45, 7) is 2.28. The van der Waals surface area contributed by atoms with Crippen LogP contribution in [0.15, 0.2) is 0 Å². The van der Waals surface area contributed by atoms with Gasteiger partial charge in [0.05, 0.1) is 0 Å². The zero-order chi connectivity index (χ0) is 7.98. The summed E-state index contributed by atoms with van der Waals surface area (Å²) >= 11 is 0. The van der Waals surface area contributed by atoms with E-state index in [1.807, 2.05) is 13.2 Å². The zero-order valence-electron chi connectivity index (χ0n) is 6.42. The average Bonchev–Trinajstić information content (AvgIpc) is 1.85. The molecule has 0 bridgehead atoms. The van der Waals surface area contributed by atoms with Gasteiger partial charge in [0.15, 0.2) is 1.37 Å². The molecular weight excluding hydrogens is 156 g/mol. The van der Waals surface area contributed by atoms with Crippen LogP contribution >= 0.6 is 21.6 Å². The lowest BCUT2D eigenvalue weighted by atomic mass is 10.5. The molecule has 1 atom stereocenters. The van der Waals surface area contributed by atoms with Crippen LogP contribution in [0.2, 0.25) is 0 Å². The molecule has 0 amide bonds. The van der Waals surface area contributed by atoms with E-state index in [4.69, 9.17) is 1.37 Å². The van der Waals surface area contributed by atoms with Gasteiger partial charge < -0.3 is 4.74 Å². The van der Waals surface area contributed by atoms with Crippen molar-refractivity contribution < 1.29 is 10.9 Å². The Morgan fingerprint density at radius 2 is 2.67 bits per heavy atom. The molecule has 0 spiro atoms. The number of ether oxygens (including phenoxy) is 1. The Hall–Kier alpha value is 0.170. The second kappa shape index (κ2) is 6.29. The third kappa shape index (κ3) is 6.05. The van der Waals surface area contributed by atoms with Gasteiger partial charge in [0.1, 0.15) is 6.61 Å². The van der Waals surface area contributed by atoms with Crippen LogP contribution in [0.3, 0.4) is 0 Å². The highest BCUT2D eigenvalue weighted by molar-refractivity contribution is 8.76. The minimum atomic E-state index is -0.950. The summed E-state index contributed by atoms with van der Waals surface area (Å²) in [5.41, 5.74) is 0. The molecular formula is C5H10O2S2. The molecule has 0 aliphatic heterocycles. The third-order valence-electron chi connectivity index (χ3n) is 0.637. The van der Waals surface area contributed by atoms with Crippen molar-refractivity contribution in [1.82, 2.24) is 0 Å². The van der Waals surface area contributed by atoms with Gasteiger partial charge in [-0.05, 0) is 13.2 Å². The van der Waals surface area contributed by atoms with Crippen LogP contribution in [-0.2, 0) is 9.53 Å². The smallest absolute Gasteiger partial charge is 0.293 e. The molecule has 0 N–H and O–H groups in total. The summed E-state index contributed by atoms with van der Waals surface area (Å²) in [6, 6.07) is 0. The first-order valence-corrected chi connectivity index (χ1v) is 5.11. The molecule has 4 heteroatoms. The van der Waals surface area contributed by atoms with E-state index >= 15 is 0 Å². The van der Waals surface area contributed by atoms with Crippen molar-refractivity contribution in [2.24, 2.45) is 0 Å². The molecule has 2 nitrogen and oxygen atoms in total. The van der Waals surface area contributed by atoms with E-state index in [-0.39, 0.29) is 5.25 Å². The van der Waals surface area contributed by atoms with Crippen molar-refractivity contribution in [3.8, 4) is 0 Å². The minimum absolute atomic E-state index is 0.268. The molecule has 0 saturated heterocycles. The molecule has 0 heterocycles. The van der Waals surface area contributed by atoms with E-state index in [2.05, 4.69) is 4.74 Å². The van der Waals surface area contributed by atoms with Crippen molar-refractivity contribution in [2.45, 2.75) is 12.2 Å². The molecule has 0 radical (unpaired) electrons. The van der Waals surface area contributed by atoms with E-state index in [0.717, 1.165) is 0 Å². The van der Waals surface area contributed by atoms with Gasteiger partial charge in [-0.3, -0.25) is 4.79 Å². The molecule has 0 aromatic heterocycles. The van der Waals surface area contributed by atoms with Gasteiger partial charge in [0, 0.05) is 5.25 Å². The van der Waals surface area contributed by atoms with Crippen LogP contribution in [0.4, 0.5) is 0 Å². The standard InChI is InChI=1S/C5H10O2S2/c1-5(9-8-2)3-7-4-6/h4-5H,3H2,1-2H3/t5-/m0/s1/i4D. The van der Waals surface area contributed by atoms with Gasteiger partial charge in [0.25, 0.3) is 6.45 Å². The molecule has 0 aromatic carbocycles. The minimum Gasteiger partial charge on any atom is -0.467 e. The van der Waals surface area contributed by atoms with Gasteiger partial charge in [-0.1, -0.05) is 21.6 Å². The topological polar surface area (TPSA) is 26.3 Å². The lowest BCUT2D eigenvalue weighted by Gasteiger charge is -2.05.